The maximum absolute atomic E-state index is 12.8. The lowest BCUT2D eigenvalue weighted by Crippen LogP contribution is -2.49. The maximum atomic E-state index is 12.8. The molecule has 2 aromatic rings. The van der Waals surface area contributed by atoms with Gasteiger partial charge in [-0.3, -0.25) is 18.8 Å². The smallest absolute Gasteiger partial charge is 0.264 e. The van der Waals surface area contributed by atoms with Gasteiger partial charge in [-0.2, -0.15) is 5.10 Å². The highest BCUT2D eigenvalue weighted by Gasteiger charge is 2.27. The van der Waals surface area contributed by atoms with E-state index < -0.39 is 0 Å². The molecular weight excluding hydrogens is 308 g/mol. The minimum absolute atomic E-state index is 0.0197. The van der Waals surface area contributed by atoms with Gasteiger partial charge in [0.05, 0.1) is 6.20 Å². The van der Waals surface area contributed by atoms with Crippen LogP contribution in [0.1, 0.15) is 19.3 Å². The van der Waals surface area contributed by atoms with Crippen LogP contribution in [0.2, 0.25) is 0 Å². The number of amides is 1. The second-order valence-electron chi connectivity index (χ2n) is 6.68. The Morgan fingerprint density at radius 2 is 2.17 bits per heavy atom. The van der Waals surface area contributed by atoms with Crippen LogP contribution in [-0.2, 0) is 18.4 Å². The lowest BCUT2D eigenvalue weighted by Gasteiger charge is -2.37. The maximum Gasteiger partial charge on any atom is 0.264 e. The fraction of sp³-hybridized carbons (Fsp3) is 0.625. The summed E-state index contributed by atoms with van der Waals surface area (Å²) in [4.78, 5) is 33.5. The SMILES string of the molecule is CN(C)CC1CCCCN1C(=O)Cn1cnc2c(cnn2C)c1=O. The van der Waals surface area contributed by atoms with E-state index in [9.17, 15) is 9.59 Å². The number of carbonyl (C=O) groups excluding carboxylic acids is 1. The van der Waals surface area contributed by atoms with E-state index in [1.54, 1.807) is 11.7 Å². The Bertz CT molecular complexity index is 793. The predicted octanol–water partition coefficient (Wildman–Crippen LogP) is 0.0727. The molecule has 24 heavy (non-hydrogen) atoms. The number of piperidine rings is 1. The van der Waals surface area contributed by atoms with Gasteiger partial charge in [0, 0.05) is 26.2 Å². The fourth-order valence-electron chi connectivity index (χ4n) is 3.36. The fourth-order valence-corrected chi connectivity index (χ4v) is 3.36. The van der Waals surface area contributed by atoms with Crippen LogP contribution < -0.4 is 5.56 Å². The summed E-state index contributed by atoms with van der Waals surface area (Å²) in [5.41, 5.74) is 0.315. The van der Waals surface area contributed by atoms with E-state index in [2.05, 4.69) is 15.0 Å². The number of rotatable bonds is 4. The number of hydrogen-bond donors (Lipinski definition) is 0. The highest BCUT2D eigenvalue weighted by molar-refractivity contribution is 5.77. The van der Waals surface area contributed by atoms with Crippen molar-refractivity contribution in [1.82, 2.24) is 29.1 Å². The lowest BCUT2D eigenvalue weighted by molar-refractivity contribution is -0.135. The van der Waals surface area contributed by atoms with Crippen LogP contribution in [0.4, 0.5) is 0 Å². The van der Waals surface area contributed by atoms with Crippen molar-refractivity contribution in [2.45, 2.75) is 31.8 Å². The molecule has 8 nitrogen and oxygen atoms in total. The van der Waals surface area contributed by atoms with Gasteiger partial charge in [-0.15, -0.1) is 0 Å². The highest BCUT2D eigenvalue weighted by atomic mass is 16.2. The van der Waals surface area contributed by atoms with Gasteiger partial charge in [0.25, 0.3) is 5.56 Å². The molecule has 2 aromatic heterocycles. The van der Waals surface area contributed by atoms with Crippen molar-refractivity contribution in [3.05, 3.63) is 22.9 Å². The summed E-state index contributed by atoms with van der Waals surface area (Å²) < 4.78 is 2.94. The first-order valence-electron chi connectivity index (χ1n) is 8.28. The molecule has 0 aliphatic carbocycles. The molecule has 1 atom stereocenters. The Hall–Kier alpha value is -2.22. The topological polar surface area (TPSA) is 76.3 Å². The molecule has 0 N–H and O–H groups in total. The van der Waals surface area contributed by atoms with Crippen molar-refractivity contribution in [2.75, 3.05) is 27.2 Å². The molecule has 1 saturated heterocycles. The van der Waals surface area contributed by atoms with Gasteiger partial charge in [0.1, 0.15) is 18.3 Å². The normalized spacial score (nSPS) is 18.5. The third-order valence-corrected chi connectivity index (χ3v) is 4.55. The molecule has 1 fully saturated rings. The zero-order valence-electron chi connectivity index (χ0n) is 14.5. The van der Waals surface area contributed by atoms with E-state index in [0.717, 1.165) is 32.4 Å². The van der Waals surface area contributed by atoms with E-state index >= 15 is 0 Å². The van der Waals surface area contributed by atoms with Crippen LogP contribution >= 0.6 is 0 Å². The van der Waals surface area contributed by atoms with E-state index in [1.807, 2.05) is 19.0 Å². The quantitative estimate of drug-likeness (QED) is 0.792. The van der Waals surface area contributed by atoms with Crippen molar-refractivity contribution in [2.24, 2.45) is 7.05 Å². The molecule has 0 aromatic carbocycles. The average Bonchev–Trinajstić information content (AvgIpc) is 2.92. The van der Waals surface area contributed by atoms with Crippen LogP contribution in [0.5, 0.6) is 0 Å². The molecule has 130 valence electrons. The summed E-state index contributed by atoms with van der Waals surface area (Å²) in [6.07, 6.45) is 6.12. The molecule has 1 aliphatic heterocycles. The minimum Gasteiger partial charge on any atom is -0.337 e. The van der Waals surface area contributed by atoms with Crippen LogP contribution in [-0.4, -0.2) is 68.3 Å². The lowest BCUT2D eigenvalue weighted by atomic mass is 10.0. The van der Waals surface area contributed by atoms with Crippen LogP contribution in [0.25, 0.3) is 11.0 Å². The number of nitrogens with zero attached hydrogens (tertiary/aromatic N) is 6. The van der Waals surface area contributed by atoms with Gasteiger partial charge in [0.15, 0.2) is 5.65 Å². The molecule has 1 amide bonds. The van der Waals surface area contributed by atoms with Crippen LogP contribution in [0, 0.1) is 0 Å². The van der Waals surface area contributed by atoms with Crippen molar-refractivity contribution in [1.29, 1.82) is 0 Å². The Morgan fingerprint density at radius 1 is 1.38 bits per heavy atom. The van der Waals surface area contributed by atoms with Crippen molar-refractivity contribution in [3.63, 3.8) is 0 Å². The standard InChI is InChI=1S/C16H24N6O2/c1-19(2)9-12-6-4-5-7-22(12)14(23)10-21-11-17-15-13(16(21)24)8-18-20(15)3/h8,11-12H,4-7,9-10H2,1-3H3. The van der Waals surface area contributed by atoms with E-state index in [1.165, 1.54) is 17.1 Å². The molecule has 3 heterocycles. The van der Waals surface area contributed by atoms with Gasteiger partial charge in [-0.1, -0.05) is 0 Å². The van der Waals surface area contributed by atoms with Gasteiger partial charge < -0.3 is 9.80 Å². The molecule has 8 heteroatoms. The Balaban J connectivity index is 1.81. The predicted molar refractivity (Wildman–Crippen MR) is 90.7 cm³/mol. The summed E-state index contributed by atoms with van der Waals surface area (Å²) in [6.45, 7) is 1.63. The molecule has 0 saturated carbocycles. The van der Waals surface area contributed by atoms with Gasteiger partial charge >= 0.3 is 0 Å². The first-order chi connectivity index (χ1) is 11.5. The van der Waals surface area contributed by atoms with Crippen LogP contribution in [0.3, 0.4) is 0 Å². The number of likely N-dealkylation sites (N-methyl/N-ethyl adjacent to an activating group) is 1. The van der Waals surface area contributed by atoms with Crippen LogP contribution in [0.15, 0.2) is 17.3 Å². The molecule has 0 bridgehead atoms. The molecule has 1 aliphatic rings. The summed E-state index contributed by atoms with van der Waals surface area (Å²) in [7, 11) is 5.77. The first-order valence-corrected chi connectivity index (χ1v) is 8.28. The molecule has 3 rings (SSSR count). The van der Waals surface area contributed by atoms with Gasteiger partial charge in [-0.25, -0.2) is 4.98 Å². The zero-order chi connectivity index (χ0) is 17.3. The van der Waals surface area contributed by atoms with Crippen molar-refractivity contribution < 1.29 is 4.79 Å². The molecule has 0 spiro atoms. The number of hydrogen-bond acceptors (Lipinski definition) is 5. The molecule has 0 radical (unpaired) electrons. The largest absolute Gasteiger partial charge is 0.337 e. The second kappa shape index (κ2) is 6.72. The number of aromatic nitrogens is 4. The van der Waals surface area contributed by atoms with Crippen molar-refractivity contribution in [3.8, 4) is 0 Å². The van der Waals surface area contributed by atoms with E-state index in [-0.39, 0.29) is 24.1 Å². The van der Waals surface area contributed by atoms with Gasteiger partial charge in [0.2, 0.25) is 5.91 Å². The minimum atomic E-state index is -0.220. The summed E-state index contributed by atoms with van der Waals surface area (Å²) >= 11 is 0. The number of aryl methyl sites for hydroxylation is 1. The molecular formula is C16H24N6O2. The van der Waals surface area contributed by atoms with Gasteiger partial charge in [-0.05, 0) is 33.4 Å². The van der Waals surface area contributed by atoms with Crippen molar-refractivity contribution >= 4 is 16.9 Å². The third kappa shape index (κ3) is 3.19. The third-order valence-electron chi connectivity index (χ3n) is 4.55. The summed E-state index contributed by atoms with van der Waals surface area (Å²) in [5, 5.41) is 4.49. The first kappa shape index (κ1) is 16.6. The Morgan fingerprint density at radius 3 is 2.92 bits per heavy atom. The Kier molecular flexibility index (Phi) is 4.66. The summed E-state index contributed by atoms with van der Waals surface area (Å²) in [5.74, 6) is -0.0197. The average molecular weight is 332 g/mol. The number of fused-ring (bicyclic) bond motifs is 1. The zero-order valence-corrected chi connectivity index (χ0v) is 14.5. The summed E-state index contributed by atoms with van der Waals surface area (Å²) in [6, 6.07) is 0.215. The van der Waals surface area contributed by atoms with E-state index in [0.29, 0.717) is 11.0 Å². The monoisotopic (exact) mass is 332 g/mol. The second-order valence-corrected chi connectivity index (χ2v) is 6.68. The molecule has 1 unspecified atom stereocenters. The Labute approximate surface area is 140 Å². The number of carbonyl (C=O) groups is 1. The highest BCUT2D eigenvalue weighted by Crippen LogP contribution is 2.18. The van der Waals surface area contributed by atoms with E-state index in [4.69, 9.17) is 0 Å². The number of likely N-dealkylation sites (tertiary alicyclic amines) is 1.